The molecule has 1 aliphatic rings. The highest BCUT2D eigenvalue weighted by Crippen LogP contribution is 2.14. The number of anilines is 1. The van der Waals surface area contributed by atoms with E-state index in [1.165, 1.54) is 12.5 Å². The SMILES string of the molecule is CC1CCN(CCn2cc(N)ccc2=O)C1. The third-order valence-electron chi connectivity index (χ3n) is 3.17. The fourth-order valence-corrected chi connectivity index (χ4v) is 2.20. The lowest BCUT2D eigenvalue weighted by atomic mass is 10.2. The Hall–Kier alpha value is -1.29. The molecule has 88 valence electrons. The lowest BCUT2D eigenvalue weighted by molar-refractivity contribution is 0.311. The number of pyridine rings is 1. The van der Waals surface area contributed by atoms with E-state index in [1.807, 2.05) is 0 Å². The summed E-state index contributed by atoms with van der Waals surface area (Å²) in [4.78, 5) is 13.9. The highest BCUT2D eigenvalue weighted by atomic mass is 16.1. The topological polar surface area (TPSA) is 51.3 Å². The van der Waals surface area contributed by atoms with Gasteiger partial charge in [0.15, 0.2) is 0 Å². The molecule has 1 aliphatic heterocycles. The van der Waals surface area contributed by atoms with E-state index in [0.717, 1.165) is 32.1 Å². The fourth-order valence-electron chi connectivity index (χ4n) is 2.20. The number of nitrogens with zero attached hydrogens (tertiary/aromatic N) is 2. The number of likely N-dealkylation sites (tertiary alicyclic amines) is 1. The smallest absolute Gasteiger partial charge is 0.250 e. The maximum absolute atomic E-state index is 11.5. The predicted octanol–water partition coefficient (Wildman–Crippen LogP) is 0.772. The summed E-state index contributed by atoms with van der Waals surface area (Å²) < 4.78 is 1.69. The van der Waals surface area contributed by atoms with Gasteiger partial charge in [0, 0.05) is 37.6 Å². The zero-order valence-electron chi connectivity index (χ0n) is 9.72. The van der Waals surface area contributed by atoms with Crippen molar-refractivity contribution in [2.45, 2.75) is 19.9 Å². The summed E-state index contributed by atoms with van der Waals surface area (Å²) >= 11 is 0. The highest BCUT2D eigenvalue weighted by molar-refractivity contribution is 5.33. The molecule has 2 N–H and O–H groups in total. The number of nitrogens with two attached hydrogens (primary N) is 1. The van der Waals surface area contributed by atoms with Crippen LogP contribution in [0.5, 0.6) is 0 Å². The van der Waals surface area contributed by atoms with Crippen LogP contribution in [0.2, 0.25) is 0 Å². The van der Waals surface area contributed by atoms with Gasteiger partial charge in [-0.25, -0.2) is 0 Å². The van der Waals surface area contributed by atoms with Gasteiger partial charge in [0.05, 0.1) is 0 Å². The van der Waals surface area contributed by atoms with Crippen LogP contribution in [0.15, 0.2) is 23.1 Å². The zero-order chi connectivity index (χ0) is 11.5. The zero-order valence-corrected chi connectivity index (χ0v) is 9.72. The molecule has 0 amide bonds. The van der Waals surface area contributed by atoms with E-state index in [0.29, 0.717) is 5.69 Å². The molecule has 0 aliphatic carbocycles. The molecule has 1 unspecified atom stereocenters. The molecule has 0 aromatic carbocycles. The van der Waals surface area contributed by atoms with E-state index in [9.17, 15) is 4.79 Å². The Morgan fingerprint density at radius 3 is 2.94 bits per heavy atom. The van der Waals surface area contributed by atoms with Gasteiger partial charge in [-0.15, -0.1) is 0 Å². The summed E-state index contributed by atoms with van der Waals surface area (Å²) in [5, 5.41) is 0. The quantitative estimate of drug-likeness (QED) is 0.820. The molecule has 1 saturated heterocycles. The van der Waals surface area contributed by atoms with Gasteiger partial charge < -0.3 is 15.2 Å². The van der Waals surface area contributed by atoms with Crippen LogP contribution in [-0.2, 0) is 6.54 Å². The third kappa shape index (κ3) is 2.64. The summed E-state index contributed by atoms with van der Waals surface area (Å²) in [6.07, 6.45) is 2.99. The lowest BCUT2D eigenvalue weighted by Crippen LogP contribution is -2.29. The monoisotopic (exact) mass is 221 g/mol. The van der Waals surface area contributed by atoms with Crippen molar-refractivity contribution in [3.63, 3.8) is 0 Å². The number of hydrogen-bond donors (Lipinski definition) is 1. The van der Waals surface area contributed by atoms with Gasteiger partial charge >= 0.3 is 0 Å². The lowest BCUT2D eigenvalue weighted by Gasteiger charge is -2.16. The van der Waals surface area contributed by atoms with Crippen LogP contribution >= 0.6 is 0 Å². The standard InChI is InChI=1S/C12H19N3O/c1-10-4-5-14(8-10)6-7-15-9-11(13)2-3-12(15)16/h2-3,9-10H,4-8,13H2,1H3. The molecule has 0 spiro atoms. The van der Waals surface area contributed by atoms with E-state index in [1.54, 1.807) is 16.8 Å². The summed E-state index contributed by atoms with van der Waals surface area (Å²) in [6, 6.07) is 3.18. The summed E-state index contributed by atoms with van der Waals surface area (Å²) in [5.74, 6) is 0.789. The van der Waals surface area contributed by atoms with Crippen LogP contribution in [0.3, 0.4) is 0 Å². The normalized spacial score (nSPS) is 21.4. The number of aromatic nitrogens is 1. The van der Waals surface area contributed by atoms with Crippen LogP contribution in [0.1, 0.15) is 13.3 Å². The minimum atomic E-state index is 0.0291. The average Bonchev–Trinajstić information content (AvgIpc) is 2.66. The maximum Gasteiger partial charge on any atom is 0.250 e. The molecule has 2 heterocycles. The van der Waals surface area contributed by atoms with Crippen LogP contribution in [-0.4, -0.2) is 29.1 Å². The van der Waals surface area contributed by atoms with Gasteiger partial charge in [0.2, 0.25) is 0 Å². The molecule has 16 heavy (non-hydrogen) atoms. The van der Waals surface area contributed by atoms with Gasteiger partial charge in [-0.2, -0.15) is 0 Å². The van der Waals surface area contributed by atoms with E-state index < -0.39 is 0 Å². The number of hydrogen-bond acceptors (Lipinski definition) is 3. The minimum Gasteiger partial charge on any atom is -0.398 e. The van der Waals surface area contributed by atoms with Crippen LogP contribution in [0.4, 0.5) is 5.69 Å². The van der Waals surface area contributed by atoms with Crippen molar-refractivity contribution in [1.82, 2.24) is 9.47 Å². The summed E-state index contributed by atoms with van der Waals surface area (Å²) in [6.45, 7) is 6.24. The Bertz CT molecular complexity index is 413. The molecule has 0 saturated carbocycles. The first-order valence-electron chi connectivity index (χ1n) is 5.83. The van der Waals surface area contributed by atoms with Crippen LogP contribution in [0, 0.1) is 5.92 Å². The summed E-state index contributed by atoms with van der Waals surface area (Å²) in [5.41, 5.74) is 6.34. The second kappa shape index (κ2) is 4.70. The minimum absolute atomic E-state index is 0.0291. The molecule has 4 heteroatoms. The maximum atomic E-state index is 11.5. The van der Waals surface area contributed by atoms with Crippen molar-refractivity contribution in [2.24, 2.45) is 5.92 Å². The van der Waals surface area contributed by atoms with Crippen molar-refractivity contribution in [1.29, 1.82) is 0 Å². The summed E-state index contributed by atoms with van der Waals surface area (Å²) in [7, 11) is 0. The molecule has 0 bridgehead atoms. The first-order valence-corrected chi connectivity index (χ1v) is 5.83. The Morgan fingerprint density at radius 1 is 1.44 bits per heavy atom. The Kier molecular flexibility index (Phi) is 3.29. The van der Waals surface area contributed by atoms with Crippen molar-refractivity contribution in [3.8, 4) is 0 Å². The van der Waals surface area contributed by atoms with Crippen molar-refractivity contribution < 1.29 is 0 Å². The van der Waals surface area contributed by atoms with Gasteiger partial charge in [0.1, 0.15) is 0 Å². The van der Waals surface area contributed by atoms with Crippen molar-refractivity contribution >= 4 is 5.69 Å². The second-order valence-electron chi connectivity index (χ2n) is 4.69. The molecule has 2 rings (SSSR count). The second-order valence-corrected chi connectivity index (χ2v) is 4.69. The van der Waals surface area contributed by atoms with Gasteiger partial charge in [0.25, 0.3) is 5.56 Å². The molecule has 1 aromatic rings. The number of nitrogen functional groups attached to an aromatic ring is 1. The molecule has 0 radical (unpaired) electrons. The Labute approximate surface area is 95.7 Å². The fraction of sp³-hybridized carbons (Fsp3) is 0.583. The average molecular weight is 221 g/mol. The first-order chi connectivity index (χ1) is 7.65. The third-order valence-corrected chi connectivity index (χ3v) is 3.17. The Balaban J connectivity index is 1.94. The van der Waals surface area contributed by atoms with E-state index in [4.69, 9.17) is 5.73 Å². The molecule has 1 aromatic heterocycles. The highest BCUT2D eigenvalue weighted by Gasteiger charge is 2.17. The van der Waals surface area contributed by atoms with E-state index in [-0.39, 0.29) is 5.56 Å². The molecule has 4 nitrogen and oxygen atoms in total. The molecular formula is C12H19N3O. The molecular weight excluding hydrogens is 202 g/mol. The molecule has 1 fully saturated rings. The van der Waals surface area contributed by atoms with Crippen molar-refractivity contribution in [3.05, 3.63) is 28.7 Å². The van der Waals surface area contributed by atoms with E-state index >= 15 is 0 Å². The van der Waals surface area contributed by atoms with Crippen molar-refractivity contribution in [2.75, 3.05) is 25.4 Å². The van der Waals surface area contributed by atoms with Gasteiger partial charge in [-0.05, 0) is 24.9 Å². The Morgan fingerprint density at radius 2 is 2.25 bits per heavy atom. The first kappa shape index (κ1) is 11.2. The van der Waals surface area contributed by atoms with Gasteiger partial charge in [-0.3, -0.25) is 4.79 Å². The largest absolute Gasteiger partial charge is 0.398 e. The van der Waals surface area contributed by atoms with E-state index in [2.05, 4.69) is 11.8 Å². The van der Waals surface area contributed by atoms with Gasteiger partial charge in [-0.1, -0.05) is 6.92 Å². The predicted molar refractivity (Wildman–Crippen MR) is 65.3 cm³/mol. The van der Waals surface area contributed by atoms with Crippen LogP contribution in [0.25, 0.3) is 0 Å². The number of rotatable bonds is 3. The van der Waals surface area contributed by atoms with Crippen LogP contribution < -0.4 is 11.3 Å². The molecule has 1 atom stereocenters.